The number of allylic oxidation sites excluding steroid dienone is 5. The summed E-state index contributed by atoms with van der Waals surface area (Å²) in [6.07, 6.45) is 7.05. The topological polar surface area (TPSA) is 12.0 Å². The molecule has 0 amide bonds. The molecule has 1 aliphatic rings. The van der Waals surface area contributed by atoms with Gasteiger partial charge in [-0.15, -0.1) is 0 Å². The van der Waals surface area contributed by atoms with Crippen molar-refractivity contribution < 1.29 is 0 Å². The van der Waals surface area contributed by atoms with Crippen LogP contribution in [0.2, 0.25) is 0 Å². The number of anilines is 2. The molecule has 0 radical (unpaired) electrons. The highest BCUT2D eigenvalue weighted by atomic mass is 14.9. The summed E-state index contributed by atoms with van der Waals surface area (Å²) in [7, 11) is 0. The van der Waals surface area contributed by atoms with E-state index >= 15 is 0 Å². The minimum absolute atomic E-state index is 0.145. The molecule has 4 rings (SSSR count). The summed E-state index contributed by atoms with van der Waals surface area (Å²) in [6.45, 7) is 15.8. The van der Waals surface area contributed by atoms with Crippen molar-refractivity contribution in [2.45, 2.75) is 53.9 Å². The predicted molar refractivity (Wildman–Crippen MR) is 149 cm³/mol. The first kappa shape index (κ1) is 23.8. The van der Waals surface area contributed by atoms with E-state index in [9.17, 15) is 0 Å². The van der Waals surface area contributed by atoms with Gasteiger partial charge in [0.1, 0.15) is 0 Å². The Kier molecular flexibility index (Phi) is 6.66. The molecule has 0 aliphatic heterocycles. The first-order chi connectivity index (χ1) is 16.2. The minimum atomic E-state index is -0.145. The fourth-order valence-electron chi connectivity index (χ4n) is 4.93. The fraction of sp³-hybridized carbons (Fsp3) is 0.273. The van der Waals surface area contributed by atoms with Crippen LogP contribution in [0.1, 0.15) is 62.4 Å². The largest absolute Gasteiger partial charge is 0.355 e. The minimum Gasteiger partial charge on any atom is -0.355 e. The van der Waals surface area contributed by atoms with Gasteiger partial charge in [-0.2, -0.15) is 0 Å². The van der Waals surface area contributed by atoms with Gasteiger partial charge in [0.2, 0.25) is 0 Å². The van der Waals surface area contributed by atoms with Crippen LogP contribution in [0, 0.1) is 19.8 Å². The lowest BCUT2D eigenvalue weighted by Gasteiger charge is -2.33. The van der Waals surface area contributed by atoms with E-state index in [-0.39, 0.29) is 5.41 Å². The second-order valence-electron chi connectivity index (χ2n) is 10.4. The molecule has 0 fully saturated rings. The van der Waals surface area contributed by atoms with Crippen molar-refractivity contribution in [2.24, 2.45) is 5.92 Å². The van der Waals surface area contributed by atoms with Gasteiger partial charge in [-0.25, -0.2) is 0 Å². The van der Waals surface area contributed by atoms with Crippen molar-refractivity contribution in [3.05, 3.63) is 124 Å². The maximum absolute atomic E-state index is 3.68. The van der Waals surface area contributed by atoms with E-state index in [4.69, 9.17) is 0 Å². The van der Waals surface area contributed by atoms with Crippen LogP contribution < -0.4 is 5.32 Å². The van der Waals surface area contributed by atoms with E-state index in [0.29, 0.717) is 5.92 Å². The van der Waals surface area contributed by atoms with Gasteiger partial charge in [0, 0.05) is 16.8 Å². The molecule has 174 valence electrons. The van der Waals surface area contributed by atoms with Crippen LogP contribution in [0.5, 0.6) is 0 Å². The summed E-state index contributed by atoms with van der Waals surface area (Å²) in [6, 6.07) is 24.1. The van der Waals surface area contributed by atoms with Crippen molar-refractivity contribution in [3.8, 4) is 0 Å². The maximum Gasteiger partial charge on any atom is 0.0413 e. The summed E-state index contributed by atoms with van der Waals surface area (Å²) in [5.41, 5.74) is 12.6. The Morgan fingerprint density at radius 1 is 0.765 bits per heavy atom. The molecule has 0 unspecified atom stereocenters. The average molecular weight is 448 g/mol. The number of aryl methyl sites for hydroxylation is 2. The first-order valence-electron chi connectivity index (χ1n) is 12.3. The van der Waals surface area contributed by atoms with E-state index in [2.05, 4.69) is 139 Å². The van der Waals surface area contributed by atoms with E-state index in [1.54, 1.807) is 0 Å². The lowest BCUT2D eigenvalue weighted by Crippen LogP contribution is -2.23. The highest BCUT2D eigenvalue weighted by molar-refractivity contribution is 5.88. The third kappa shape index (κ3) is 4.66. The normalized spacial score (nSPS) is 16.4. The van der Waals surface area contributed by atoms with Crippen molar-refractivity contribution in [1.29, 1.82) is 0 Å². The maximum atomic E-state index is 3.68. The molecule has 0 bridgehead atoms. The third-order valence-electron chi connectivity index (χ3n) is 6.94. The number of rotatable bonds is 4. The smallest absolute Gasteiger partial charge is 0.0413 e. The summed E-state index contributed by atoms with van der Waals surface area (Å²) in [5, 5.41) is 3.68. The van der Waals surface area contributed by atoms with Crippen LogP contribution in [0.25, 0.3) is 5.57 Å². The van der Waals surface area contributed by atoms with Crippen molar-refractivity contribution in [3.63, 3.8) is 0 Å². The second-order valence-corrected chi connectivity index (χ2v) is 10.4. The van der Waals surface area contributed by atoms with Gasteiger partial charge in [0.15, 0.2) is 0 Å². The number of nitrogens with one attached hydrogen (secondary N) is 1. The molecular formula is C33H37N. The molecule has 1 nitrogen and oxygen atoms in total. The van der Waals surface area contributed by atoms with Gasteiger partial charge in [0.25, 0.3) is 0 Å². The van der Waals surface area contributed by atoms with Crippen molar-refractivity contribution in [1.82, 2.24) is 0 Å². The number of hydrogen-bond donors (Lipinski definition) is 1. The Hall–Kier alpha value is -3.32. The molecule has 0 saturated carbocycles. The van der Waals surface area contributed by atoms with Crippen molar-refractivity contribution >= 4 is 16.9 Å². The van der Waals surface area contributed by atoms with Crippen LogP contribution in [-0.2, 0) is 5.41 Å². The van der Waals surface area contributed by atoms with Gasteiger partial charge in [-0.1, -0.05) is 94.5 Å². The number of hydrogen-bond acceptors (Lipinski definition) is 1. The Morgan fingerprint density at radius 2 is 1.44 bits per heavy atom. The van der Waals surface area contributed by atoms with E-state index < -0.39 is 0 Å². The summed E-state index contributed by atoms with van der Waals surface area (Å²) >= 11 is 0. The summed E-state index contributed by atoms with van der Waals surface area (Å²) < 4.78 is 0. The van der Waals surface area contributed by atoms with Crippen LogP contribution in [0.4, 0.5) is 11.4 Å². The van der Waals surface area contributed by atoms with Crippen LogP contribution in [-0.4, -0.2) is 0 Å². The molecule has 1 N–H and O–H groups in total. The van der Waals surface area contributed by atoms with Gasteiger partial charge in [0.05, 0.1) is 0 Å². The van der Waals surface area contributed by atoms with Gasteiger partial charge in [-0.3, -0.25) is 0 Å². The summed E-state index contributed by atoms with van der Waals surface area (Å²) in [5.74, 6) is 0.482. The van der Waals surface area contributed by atoms with E-state index in [1.165, 1.54) is 44.5 Å². The second kappa shape index (κ2) is 9.50. The zero-order valence-corrected chi connectivity index (χ0v) is 21.7. The lowest BCUT2D eigenvalue weighted by atomic mass is 9.71. The van der Waals surface area contributed by atoms with Crippen LogP contribution in [0.3, 0.4) is 0 Å². The molecule has 0 saturated heterocycles. The van der Waals surface area contributed by atoms with Gasteiger partial charge in [-0.05, 0) is 89.4 Å². The first-order valence-corrected chi connectivity index (χ1v) is 12.3. The van der Waals surface area contributed by atoms with E-state index in [1.807, 2.05) is 0 Å². The molecule has 3 aromatic carbocycles. The Labute approximate surface area is 205 Å². The van der Waals surface area contributed by atoms with Gasteiger partial charge < -0.3 is 5.32 Å². The molecular weight excluding hydrogens is 410 g/mol. The monoisotopic (exact) mass is 447 g/mol. The quantitative estimate of drug-likeness (QED) is 0.420. The SMILES string of the molecule is CC1=C(c2ccccc2C)c2ccc(Nc3ccccc3C)cc2C(C)(C)/C(=C\C(C)C)C=C1. The fourth-order valence-corrected chi connectivity index (χ4v) is 4.93. The third-order valence-corrected chi connectivity index (χ3v) is 6.94. The zero-order valence-electron chi connectivity index (χ0n) is 21.7. The van der Waals surface area contributed by atoms with Gasteiger partial charge >= 0.3 is 0 Å². The number of fused-ring (bicyclic) bond motifs is 1. The molecule has 1 aliphatic carbocycles. The van der Waals surface area contributed by atoms with E-state index in [0.717, 1.165) is 11.4 Å². The van der Waals surface area contributed by atoms with Crippen LogP contribution >= 0.6 is 0 Å². The highest BCUT2D eigenvalue weighted by Gasteiger charge is 2.30. The molecule has 0 heterocycles. The standard InChI is InChI=1S/C33H37N/c1-22(2)20-26-17-16-25(5)32(28-14-10-8-12-23(28)3)29-19-18-27(21-30(29)33(26,6)7)34-31-15-11-9-13-24(31)4/h8-22,34H,1-7H3/b17-16?,26-20-,32-25?. The molecule has 1 heteroatoms. The Morgan fingerprint density at radius 3 is 2.12 bits per heavy atom. The Balaban J connectivity index is 1.98. The number of para-hydroxylation sites is 1. The van der Waals surface area contributed by atoms with Crippen molar-refractivity contribution in [2.75, 3.05) is 5.32 Å². The summed E-state index contributed by atoms with van der Waals surface area (Å²) in [4.78, 5) is 0. The molecule has 3 aromatic rings. The highest BCUT2D eigenvalue weighted by Crippen LogP contribution is 2.44. The predicted octanol–water partition coefficient (Wildman–Crippen LogP) is 9.30. The molecule has 0 atom stereocenters. The molecule has 34 heavy (non-hydrogen) atoms. The van der Waals surface area contributed by atoms with Crippen LogP contribution in [0.15, 0.2) is 96.1 Å². The average Bonchev–Trinajstić information content (AvgIpc) is 2.79. The lowest BCUT2D eigenvalue weighted by molar-refractivity contribution is 0.625. The molecule has 0 spiro atoms. The zero-order chi connectivity index (χ0) is 24.5. The molecule has 0 aromatic heterocycles. The Bertz CT molecular complexity index is 1300. The number of benzene rings is 3.